The van der Waals surface area contributed by atoms with Crippen LogP contribution < -0.4 is 5.32 Å². The van der Waals surface area contributed by atoms with Crippen LogP contribution in [-0.4, -0.2) is 63.3 Å². The van der Waals surface area contributed by atoms with Crippen molar-refractivity contribution in [3.8, 4) is 0 Å². The first kappa shape index (κ1) is 20.3. The molecule has 1 unspecified atom stereocenters. The molecular formula is C17H24N2O6S. The quantitative estimate of drug-likeness (QED) is 0.677. The van der Waals surface area contributed by atoms with Crippen LogP contribution in [-0.2, 0) is 24.3 Å². The third-order valence-electron chi connectivity index (χ3n) is 3.92. The average molecular weight is 384 g/mol. The van der Waals surface area contributed by atoms with Gasteiger partial charge < -0.3 is 14.8 Å². The molecule has 0 spiro atoms. The minimum atomic E-state index is -3.57. The normalized spacial score (nSPS) is 17.3. The molecular weight excluding hydrogens is 360 g/mol. The first-order valence-corrected chi connectivity index (χ1v) is 10.3. The maximum atomic E-state index is 12.4. The molecule has 0 aliphatic carbocycles. The molecule has 1 aromatic rings. The minimum Gasteiger partial charge on any atom is -0.462 e. The van der Waals surface area contributed by atoms with Crippen LogP contribution in [0.25, 0.3) is 0 Å². The van der Waals surface area contributed by atoms with Crippen LogP contribution in [0.15, 0.2) is 24.3 Å². The number of rotatable bonds is 8. The fourth-order valence-electron chi connectivity index (χ4n) is 2.66. The Morgan fingerprint density at radius 3 is 2.69 bits per heavy atom. The van der Waals surface area contributed by atoms with Gasteiger partial charge in [-0.3, -0.25) is 4.79 Å². The van der Waals surface area contributed by atoms with Gasteiger partial charge in [-0.15, -0.1) is 0 Å². The Balaban J connectivity index is 2.07. The second-order valence-corrected chi connectivity index (χ2v) is 7.99. The molecule has 9 heteroatoms. The molecule has 26 heavy (non-hydrogen) atoms. The average Bonchev–Trinajstić information content (AvgIpc) is 3.07. The molecule has 1 amide bonds. The summed E-state index contributed by atoms with van der Waals surface area (Å²) in [6.07, 6.45) is 2.49. The van der Waals surface area contributed by atoms with Gasteiger partial charge in [0.2, 0.25) is 15.9 Å². The molecule has 0 bridgehead atoms. The van der Waals surface area contributed by atoms with E-state index in [1.165, 1.54) is 6.07 Å². The number of esters is 1. The Bertz CT molecular complexity index is 743. The number of hydrogen-bond acceptors (Lipinski definition) is 6. The predicted molar refractivity (Wildman–Crippen MR) is 96.4 cm³/mol. The number of amides is 1. The number of nitrogens with zero attached hydrogens (tertiary/aromatic N) is 1. The van der Waals surface area contributed by atoms with Gasteiger partial charge in [-0.2, -0.15) is 4.31 Å². The molecule has 1 aliphatic heterocycles. The Morgan fingerprint density at radius 1 is 1.35 bits per heavy atom. The fraction of sp³-hybridized carbons (Fsp3) is 0.529. The highest BCUT2D eigenvalue weighted by Gasteiger charge is 2.27. The monoisotopic (exact) mass is 384 g/mol. The summed E-state index contributed by atoms with van der Waals surface area (Å²) in [7, 11) is -3.57. The molecule has 1 aliphatic rings. The molecule has 8 nitrogen and oxygen atoms in total. The van der Waals surface area contributed by atoms with E-state index in [0.29, 0.717) is 6.61 Å². The second-order valence-electron chi connectivity index (χ2n) is 6.00. The molecule has 0 radical (unpaired) electrons. The summed E-state index contributed by atoms with van der Waals surface area (Å²) in [4.78, 5) is 24.3. The predicted octanol–water partition coefficient (Wildman–Crippen LogP) is 1.24. The van der Waals surface area contributed by atoms with Crippen molar-refractivity contribution in [3.05, 3.63) is 29.8 Å². The fourth-order valence-corrected chi connectivity index (χ4v) is 3.45. The van der Waals surface area contributed by atoms with Gasteiger partial charge in [0.15, 0.2) is 0 Å². The molecule has 0 saturated carbocycles. The lowest BCUT2D eigenvalue weighted by atomic mass is 10.2. The Kier molecular flexibility index (Phi) is 7.13. The van der Waals surface area contributed by atoms with Crippen LogP contribution in [0.5, 0.6) is 0 Å². The smallest absolute Gasteiger partial charge is 0.340 e. The van der Waals surface area contributed by atoms with Crippen molar-refractivity contribution in [2.75, 3.05) is 37.9 Å². The zero-order chi connectivity index (χ0) is 19.2. The van der Waals surface area contributed by atoms with Gasteiger partial charge in [0.1, 0.15) is 0 Å². The summed E-state index contributed by atoms with van der Waals surface area (Å²) in [6, 6.07) is 6.42. The molecule has 2 rings (SSSR count). The summed E-state index contributed by atoms with van der Waals surface area (Å²) in [5.41, 5.74) is 0.495. The lowest BCUT2D eigenvalue weighted by Crippen LogP contribution is -2.41. The lowest BCUT2D eigenvalue weighted by molar-refractivity contribution is -0.116. The Labute approximate surface area is 153 Å². The number of hydrogen-bond donors (Lipinski definition) is 1. The summed E-state index contributed by atoms with van der Waals surface area (Å²) < 4.78 is 35.5. The number of carbonyl (C=O) groups excluding carboxylic acids is 2. The lowest BCUT2D eigenvalue weighted by Gasteiger charge is -2.22. The van der Waals surface area contributed by atoms with E-state index in [1.54, 1.807) is 25.1 Å². The van der Waals surface area contributed by atoms with Gasteiger partial charge in [-0.25, -0.2) is 13.2 Å². The van der Waals surface area contributed by atoms with E-state index in [2.05, 4.69) is 5.32 Å². The summed E-state index contributed by atoms with van der Waals surface area (Å²) in [5.74, 6) is -1.09. The zero-order valence-corrected chi connectivity index (χ0v) is 15.8. The molecule has 1 aromatic carbocycles. The molecule has 1 N–H and O–H groups in total. The van der Waals surface area contributed by atoms with Crippen molar-refractivity contribution in [2.45, 2.75) is 25.9 Å². The second kappa shape index (κ2) is 9.11. The van der Waals surface area contributed by atoms with Crippen LogP contribution in [0, 0.1) is 0 Å². The molecule has 1 saturated heterocycles. The van der Waals surface area contributed by atoms with Crippen LogP contribution in [0.3, 0.4) is 0 Å². The van der Waals surface area contributed by atoms with E-state index in [1.807, 2.05) is 0 Å². The van der Waals surface area contributed by atoms with E-state index in [-0.39, 0.29) is 37.1 Å². The topological polar surface area (TPSA) is 102 Å². The van der Waals surface area contributed by atoms with Crippen LogP contribution in [0.4, 0.5) is 5.69 Å². The number of sulfonamides is 1. The minimum absolute atomic E-state index is 0.131. The largest absolute Gasteiger partial charge is 0.462 e. The van der Waals surface area contributed by atoms with E-state index < -0.39 is 21.9 Å². The van der Waals surface area contributed by atoms with Crippen molar-refractivity contribution in [2.24, 2.45) is 0 Å². The standard InChI is InChI=1S/C17H24N2O6S/c1-3-24-17(21)14-8-4-5-9-15(14)18-16(20)12-19(26(2,22)23)11-13-7-6-10-25-13/h4-5,8-9,13H,3,6-7,10-12H2,1-2H3,(H,18,20). The summed E-state index contributed by atoms with van der Waals surface area (Å²) in [5, 5.41) is 2.59. The molecule has 1 atom stereocenters. The highest BCUT2D eigenvalue weighted by Crippen LogP contribution is 2.18. The molecule has 1 fully saturated rings. The number of anilines is 1. The number of nitrogens with one attached hydrogen (secondary N) is 1. The maximum absolute atomic E-state index is 12.4. The molecule has 0 aromatic heterocycles. The first-order chi connectivity index (χ1) is 12.3. The van der Waals surface area contributed by atoms with E-state index in [4.69, 9.17) is 9.47 Å². The number of para-hydroxylation sites is 1. The highest BCUT2D eigenvalue weighted by atomic mass is 32.2. The Morgan fingerprint density at radius 2 is 2.08 bits per heavy atom. The first-order valence-electron chi connectivity index (χ1n) is 8.44. The summed E-state index contributed by atoms with van der Waals surface area (Å²) >= 11 is 0. The number of ether oxygens (including phenoxy) is 2. The maximum Gasteiger partial charge on any atom is 0.340 e. The van der Waals surface area contributed by atoms with Gasteiger partial charge >= 0.3 is 5.97 Å². The van der Waals surface area contributed by atoms with Gasteiger partial charge in [-0.1, -0.05) is 12.1 Å². The third-order valence-corrected chi connectivity index (χ3v) is 5.13. The van der Waals surface area contributed by atoms with Crippen LogP contribution in [0.2, 0.25) is 0 Å². The van der Waals surface area contributed by atoms with Crippen molar-refractivity contribution < 1.29 is 27.5 Å². The molecule has 1 heterocycles. The summed E-state index contributed by atoms with van der Waals surface area (Å²) in [6.45, 7) is 2.28. The van der Waals surface area contributed by atoms with E-state index in [0.717, 1.165) is 23.4 Å². The third kappa shape index (κ3) is 5.79. The van der Waals surface area contributed by atoms with Crippen LogP contribution >= 0.6 is 0 Å². The zero-order valence-electron chi connectivity index (χ0n) is 14.9. The van der Waals surface area contributed by atoms with Crippen molar-refractivity contribution in [1.29, 1.82) is 0 Å². The van der Waals surface area contributed by atoms with Crippen LogP contribution in [0.1, 0.15) is 30.1 Å². The van der Waals surface area contributed by atoms with Crippen molar-refractivity contribution >= 4 is 27.6 Å². The Hall–Kier alpha value is -1.97. The van der Waals surface area contributed by atoms with Gasteiger partial charge in [0, 0.05) is 13.2 Å². The number of carbonyl (C=O) groups is 2. The SMILES string of the molecule is CCOC(=O)c1ccccc1NC(=O)CN(CC1CCCO1)S(C)(=O)=O. The van der Waals surface area contributed by atoms with Crippen molar-refractivity contribution in [3.63, 3.8) is 0 Å². The highest BCUT2D eigenvalue weighted by molar-refractivity contribution is 7.88. The van der Waals surface area contributed by atoms with E-state index >= 15 is 0 Å². The molecule has 144 valence electrons. The van der Waals surface area contributed by atoms with Crippen molar-refractivity contribution in [1.82, 2.24) is 4.31 Å². The van der Waals surface area contributed by atoms with Gasteiger partial charge in [0.05, 0.1) is 36.8 Å². The van der Waals surface area contributed by atoms with E-state index in [9.17, 15) is 18.0 Å². The van der Waals surface area contributed by atoms with Gasteiger partial charge in [0.25, 0.3) is 0 Å². The number of benzene rings is 1. The van der Waals surface area contributed by atoms with Gasteiger partial charge in [-0.05, 0) is 31.9 Å².